The van der Waals surface area contributed by atoms with Crippen LogP contribution in [-0.4, -0.2) is 11.5 Å². The number of nitrogens with zero attached hydrogens (tertiary/aromatic N) is 1. The van der Waals surface area contributed by atoms with Crippen molar-refractivity contribution in [2.75, 3.05) is 12.3 Å². The first kappa shape index (κ1) is 14.1. The second-order valence-electron chi connectivity index (χ2n) is 5.91. The zero-order valence-corrected chi connectivity index (χ0v) is 12.5. The summed E-state index contributed by atoms with van der Waals surface area (Å²) in [6.45, 7) is 3.19. The van der Waals surface area contributed by atoms with Crippen LogP contribution in [0.5, 0.6) is 0 Å². The number of nitrogens with one attached hydrogen (secondary N) is 1. The SMILES string of the molecule is CCCNC(c1cnccc1N)C1(c2ccccc2)CC1. The molecule has 2 aromatic rings. The Hall–Kier alpha value is -1.87. The Kier molecular flexibility index (Phi) is 3.93. The zero-order chi connectivity index (χ0) is 14.7. The lowest BCUT2D eigenvalue weighted by molar-refractivity contribution is 0.429. The number of hydrogen-bond donors (Lipinski definition) is 2. The van der Waals surface area contributed by atoms with Crippen molar-refractivity contribution in [1.82, 2.24) is 10.3 Å². The second-order valence-corrected chi connectivity index (χ2v) is 5.91. The molecule has 3 N–H and O–H groups in total. The van der Waals surface area contributed by atoms with Crippen LogP contribution in [0.2, 0.25) is 0 Å². The lowest BCUT2D eigenvalue weighted by atomic mass is 9.83. The molecule has 1 heterocycles. The number of nitrogen functional groups attached to an aromatic ring is 1. The highest BCUT2D eigenvalue weighted by Crippen LogP contribution is 2.57. The van der Waals surface area contributed by atoms with Crippen LogP contribution in [0.4, 0.5) is 5.69 Å². The zero-order valence-electron chi connectivity index (χ0n) is 12.5. The lowest BCUT2D eigenvalue weighted by Gasteiger charge is -2.30. The molecule has 21 heavy (non-hydrogen) atoms. The number of pyridine rings is 1. The molecule has 0 bridgehead atoms. The van der Waals surface area contributed by atoms with Crippen molar-refractivity contribution in [1.29, 1.82) is 0 Å². The largest absolute Gasteiger partial charge is 0.398 e. The van der Waals surface area contributed by atoms with E-state index in [1.807, 2.05) is 12.3 Å². The fraction of sp³-hybridized carbons (Fsp3) is 0.389. The molecule has 3 nitrogen and oxygen atoms in total. The van der Waals surface area contributed by atoms with Crippen LogP contribution < -0.4 is 11.1 Å². The molecule has 3 rings (SSSR count). The third kappa shape index (κ3) is 2.66. The first-order chi connectivity index (χ1) is 10.3. The quantitative estimate of drug-likeness (QED) is 0.853. The number of nitrogens with two attached hydrogens (primary N) is 1. The van der Waals surface area contributed by atoms with Gasteiger partial charge < -0.3 is 11.1 Å². The summed E-state index contributed by atoms with van der Waals surface area (Å²) in [5.41, 5.74) is 9.76. The molecule has 3 heteroatoms. The van der Waals surface area contributed by atoms with E-state index in [1.54, 1.807) is 6.20 Å². The van der Waals surface area contributed by atoms with E-state index in [9.17, 15) is 0 Å². The molecule has 1 unspecified atom stereocenters. The Bertz CT molecular complexity index is 590. The van der Waals surface area contributed by atoms with Gasteiger partial charge in [0.1, 0.15) is 0 Å². The molecule has 0 amide bonds. The molecule has 0 radical (unpaired) electrons. The molecule has 1 aliphatic rings. The molecule has 1 aliphatic carbocycles. The molecule has 1 saturated carbocycles. The molecule has 1 atom stereocenters. The van der Waals surface area contributed by atoms with Gasteiger partial charge in [-0.15, -0.1) is 0 Å². The maximum Gasteiger partial charge on any atom is 0.0454 e. The highest BCUT2D eigenvalue weighted by atomic mass is 15.0. The van der Waals surface area contributed by atoms with Crippen molar-refractivity contribution in [3.8, 4) is 0 Å². The molecule has 1 fully saturated rings. The molecule has 1 aromatic heterocycles. The Morgan fingerprint density at radius 3 is 2.62 bits per heavy atom. The van der Waals surface area contributed by atoms with Gasteiger partial charge in [-0.2, -0.15) is 0 Å². The number of hydrogen-bond acceptors (Lipinski definition) is 3. The van der Waals surface area contributed by atoms with Gasteiger partial charge in [0.2, 0.25) is 0 Å². The maximum atomic E-state index is 6.22. The predicted octanol–water partition coefficient (Wildman–Crippen LogP) is 3.44. The van der Waals surface area contributed by atoms with Gasteiger partial charge in [0.25, 0.3) is 0 Å². The second kappa shape index (κ2) is 5.86. The van der Waals surface area contributed by atoms with Crippen LogP contribution in [0.15, 0.2) is 48.8 Å². The average Bonchev–Trinajstić information content (AvgIpc) is 3.32. The fourth-order valence-electron chi connectivity index (χ4n) is 3.20. The van der Waals surface area contributed by atoms with E-state index in [4.69, 9.17) is 5.73 Å². The van der Waals surface area contributed by atoms with E-state index >= 15 is 0 Å². The number of rotatable bonds is 6. The molecular formula is C18H23N3. The molecule has 0 saturated heterocycles. The van der Waals surface area contributed by atoms with Gasteiger partial charge >= 0.3 is 0 Å². The number of benzene rings is 1. The molecule has 110 valence electrons. The van der Waals surface area contributed by atoms with Crippen molar-refractivity contribution < 1.29 is 0 Å². The fourth-order valence-corrected chi connectivity index (χ4v) is 3.20. The predicted molar refractivity (Wildman–Crippen MR) is 87.0 cm³/mol. The summed E-state index contributed by atoms with van der Waals surface area (Å²) in [5.74, 6) is 0. The number of anilines is 1. The Morgan fingerprint density at radius 1 is 1.24 bits per heavy atom. The van der Waals surface area contributed by atoms with Gasteiger partial charge in [-0.25, -0.2) is 0 Å². The standard InChI is InChI=1S/C18H23N3/c1-2-11-21-17(15-13-20-12-8-16(15)19)18(9-10-18)14-6-4-3-5-7-14/h3-8,12-13,17,21H,2,9-11H2,1H3,(H2,19,20). The van der Waals surface area contributed by atoms with Crippen molar-refractivity contribution in [3.05, 3.63) is 59.9 Å². The minimum Gasteiger partial charge on any atom is -0.398 e. The van der Waals surface area contributed by atoms with Crippen molar-refractivity contribution in [3.63, 3.8) is 0 Å². The Morgan fingerprint density at radius 2 is 2.00 bits per heavy atom. The van der Waals surface area contributed by atoms with E-state index < -0.39 is 0 Å². The summed E-state index contributed by atoms with van der Waals surface area (Å²) in [4.78, 5) is 4.29. The van der Waals surface area contributed by atoms with E-state index in [0.717, 1.165) is 24.2 Å². The average molecular weight is 281 g/mol. The Labute approximate surface area is 126 Å². The summed E-state index contributed by atoms with van der Waals surface area (Å²) in [6.07, 6.45) is 7.20. The highest BCUT2D eigenvalue weighted by Gasteiger charge is 2.51. The molecule has 1 aromatic carbocycles. The monoisotopic (exact) mass is 281 g/mol. The van der Waals surface area contributed by atoms with Gasteiger partial charge in [-0.1, -0.05) is 37.3 Å². The van der Waals surface area contributed by atoms with E-state index in [0.29, 0.717) is 0 Å². The van der Waals surface area contributed by atoms with E-state index in [2.05, 4.69) is 47.6 Å². The Balaban J connectivity index is 1.99. The first-order valence-corrected chi connectivity index (χ1v) is 7.76. The third-order valence-electron chi connectivity index (χ3n) is 4.49. The maximum absolute atomic E-state index is 6.22. The van der Waals surface area contributed by atoms with Crippen LogP contribution in [0.1, 0.15) is 43.4 Å². The minimum atomic E-state index is 0.174. The van der Waals surface area contributed by atoms with E-state index in [-0.39, 0.29) is 11.5 Å². The van der Waals surface area contributed by atoms with Gasteiger partial charge in [0, 0.05) is 35.1 Å². The summed E-state index contributed by atoms with van der Waals surface area (Å²) >= 11 is 0. The first-order valence-electron chi connectivity index (χ1n) is 7.76. The lowest BCUT2D eigenvalue weighted by Crippen LogP contribution is -2.33. The van der Waals surface area contributed by atoms with E-state index in [1.165, 1.54) is 18.4 Å². The molecule has 0 aliphatic heterocycles. The van der Waals surface area contributed by atoms with Crippen LogP contribution in [0.25, 0.3) is 0 Å². The molecule has 0 spiro atoms. The van der Waals surface area contributed by atoms with Crippen LogP contribution >= 0.6 is 0 Å². The third-order valence-corrected chi connectivity index (χ3v) is 4.49. The summed E-state index contributed by atoms with van der Waals surface area (Å²) in [6, 6.07) is 12.9. The van der Waals surface area contributed by atoms with Crippen molar-refractivity contribution in [2.24, 2.45) is 0 Å². The minimum absolute atomic E-state index is 0.174. The van der Waals surface area contributed by atoms with Crippen molar-refractivity contribution >= 4 is 5.69 Å². The van der Waals surface area contributed by atoms with Crippen molar-refractivity contribution in [2.45, 2.75) is 37.6 Å². The number of aromatic nitrogens is 1. The summed E-state index contributed by atoms with van der Waals surface area (Å²) in [5, 5.41) is 3.71. The van der Waals surface area contributed by atoms with Gasteiger partial charge in [0.05, 0.1) is 0 Å². The van der Waals surface area contributed by atoms with Crippen LogP contribution in [0.3, 0.4) is 0 Å². The molecular weight excluding hydrogens is 258 g/mol. The smallest absolute Gasteiger partial charge is 0.0454 e. The van der Waals surface area contributed by atoms with Crippen LogP contribution in [0, 0.1) is 0 Å². The van der Waals surface area contributed by atoms with Gasteiger partial charge in [0.15, 0.2) is 0 Å². The summed E-state index contributed by atoms with van der Waals surface area (Å²) in [7, 11) is 0. The van der Waals surface area contributed by atoms with Crippen LogP contribution in [-0.2, 0) is 5.41 Å². The van der Waals surface area contributed by atoms with Gasteiger partial charge in [-0.3, -0.25) is 4.98 Å². The normalized spacial score (nSPS) is 17.4. The summed E-state index contributed by atoms with van der Waals surface area (Å²) < 4.78 is 0. The van der Waals surface area contributed by atoms with Gasteiger partial charge in [-0.05, 0) is 37.4 Å². The highest BCUT2D eigenvalue weighted by molar-refractivity contribution is 5.50. The topological polar surface area (TPSA) is 50.9 Å².